The zero-order valence-corrected chi connectivity index (χ0v) is 10.1. The molecule has 1 aromatic heterocycles. The first-order valence-electron chi connectivity index (χ1n) is 2.85. The molecule has 0 atom stereocenters. The first kappa shape index (κ1) is 7.92. The summed E-state index contributed by atoms with van der Waals surface area (Å²) in [6.45, 7) is 0. The van der Waals surface area contributed by atoms with E-state index >= 15 is 0 Å². The molecule has 0 aliphatic rings. The Bertz CT molecular complexity index is 398. The predicted octanol–water partition coefficient (Wildman–Crippen LogP) is 2.21. The van der Waals surface area contributed by atoms with Crippen LogP contribution in [-0.4, -0.2) is 23.9 Å². The van der Waals surface area contributed by atoms with E-state index in [1.54, 1.807) is 0 Å². The maximum absolute atomic E-state index is 4.04. The van der Waals surface area contributed by atoms with Gasteiger partial charge in [-0.05, 0) is 0 Å². The average molecular weight is 341 g/mol. The maximum atomic E-state index is 4.04. The van der Waals surface area contributed by atoms with Gasteiger partial charge >= 0.3 is 86.6 Å². The molecule has 0 fully saturated rings. The summed E-state index contributed by atoms with van der Waals surface area (Å²) in [6.07, 6.45) is 0. The Balaban J connectivity index is 2.93. The van der Waals surface area contributed by atoms with Gasteiger partial charge in [0, 0.05) is 0 Å². The van der Waals surface area contributed by atoms with Crippen LogP contribution in [0.5, 0.6) is 0 Å². The molecule has 0 unspecified atom stereocenters. The summed E-state index contributed by atoms with van der Waals surface area (Å²) in [5.41, 5.74) is 0.986. The molecule has 2 nitrogen and oxygen atoms in total. The molecule has 1 heterocycles. The summed E-state index contributed by atoms with van der Waals surface area (Å²) in [6, 6.07) is 4.07. The topological polar surface area (TPSA) is 25.8 Å². The van der Waals surface area contributed by atoms with Crippen molar-refractivity contribution in [3.8, 4) is 0 Å². The van der Waals surface area contributed by atoms with Crippen LogP contribution in [0.4, 0.5) is 0 Å². The molecule has 0 amide bonds. The van der Waals surface area contributed by atoms with E-state index in [2.05, 4.69) is 47.1 Å². The SMILES string of the molecule is Brc1ccc2[se]nnc2c1Br. The summed E-state index contributed by atoms with van der Waals surface area (Å²) in [7, 11) is 0. The molecule has 2 rings (SSSR count). The van der Waals surface area contributed by atoms with E-state index in [1.807, 2.05) is 6.07 Å². The molecule has 0 radical (unpaired) electrons. The van der Waals surface area contributed by atoms with Crippen LogP contribution >= 0.6 is 31.9 Å². The number of hydrogen-bond acceptors (Lipinski definition) is 2. The number of nitrogens with zero attached hydrogens (tertiary/aromatic N) is 2. The van der Waals surface area contributed by atoms with Gasteiger partial charge in [-0.15, -0.1) is 0 Å². The van der Waals surface area contributed by atoms with Gasteiger partial charge in [0.05, 0.1) is 0 Å². The zero-order valence-electron chi connectivity index (χ0n) is 5.21. The van der Waals surface area contributed by atoms with Gasteiger partial charge in [-0.1, -0.05) is 0 Å². The summed E-state index contributed by atoms with van der Waals surface area (Å²) in [5, 5.41) is 4.04. The van der Waals surface area contributed by atoms with Gasteiger partial charge in [0.2, 0.25) is 0 Å². The van der Waals surface area contributed by atoms with Crippen LogP contribution in [0.25, 0.3) is 9.78 Å². The Kier molecular flexibility index (Phi) is 2.14. The summed E-state index contributed by atoms with van der Waals surface area (Å²) in [5.74, 6) is 0. The van der Waals surface area contributed by atoms with Gasteiger partial charge in [0.1, 0.15) is 0 Å². The van der Waals surface area contributed by atoms with Crippen LogP contribution in [0.15, 0.2) is 21.1 Å². The molecular formula is C6H2Br2N2Se. The summed E-state index contributed by atoms with van der Waals surface area (Å²) >= 11 is 7.04. The molecule has 11 heavy (non-hydrogen) atoms. The van der Waals surface area contributed by atoms with Crippen LogP contribution in [-0.2, 0) is 0 Å². The van der Waals surface area contributed by atoms with Gasteiger partial charge in [0.15, 0.2) is 0 Å². The second-order valence-corrected chi connectivity index (χ2v) is 5.28. The van der Waals surface area contributed by atoms with Gasteiger partial charge in [-0.3, -0.25) is 0 Å². The zero-order chi connectivity index (χ0) is 7.84. The third-order valence-corrected chi connectivity index (χ3v) is 4.75. The molecule has 1 aromatic carbocycles. The molecule has 0 bridgehead atoms. The van der Waals surface area contributed by atoms with E-state index in [0.717, 1.165) is 14.5 Å². The van der Waals surface area contributed by atoms with Gasteiger partial charge in [-0.2, -0.15) is 0 Å². The van der Waals surface area contributed by atoms with E-state index in [0.29, 0.717) is 0 Å². The van der Waals surface area contributed by atoms with Gasteiger partial charge < -0.3 is 0 Å². The van der Waals surface area contributed by atoms with Crippen molar-refractivity contribution in [2.45, 2.75) is 0 Å². The molecule has 0 saturated heterocycles. The quantitative estimate of drug-likeness (QED) is 0.687. The Hall–Kier alpha value is 0.299. The number of benzene rings is 1. The predicted molar refractivity (Wildman–Crippen MR) is 51.9 cm³/mol. The van der Waals surface area contributed by atoms with Crippen molar-refractivity contribution in [3.63, 3.8) is 0 Å². The number of fused-ring (bicyclic) bond motifs is 1. The van der Waals surface area contributed by atoms with Crippen LogP contribution in [0, 0.1) is 0 Å². The fraction of sp³-hybridized carbons (Fsp3) is 0. The van der Waals surface area contributed by atoms with Crippen LogP contribution in [0.2, 0.25) is 0 Å². The molecule has 0 aliphatic carbocycles. The fourth-order valence-corrected chi connectivity index (χ4v) is 3.03. The third kappa shape index (κ3) is 1.31. The van der Waals surface area contributed by atoms with E-state index < -0.39 is 0 Å². The second kappa shape index (κ2) is 2.98. The number of rotatable bonds is 0. The van der Waals surface area contributed by atoms with Crippen molar-refractivity contribution in [2.24, 2.45) is 0 Å². The number of hydrogen-bond donors (Lipinski definition) is 0. The number of halogens is 2. The minimum absolute atomic E-state index is 0.193. The van der Waals surface area contributed by atoms with Gasteiger partial charge in [-0.25, -0.2) is 0 Å². The fourth-order valence-electron chi connectivity index (χ4n) is 0.794. The van der Waals surface area contributed by atoms with E-state index in [1.165, 1.54) is 4.26 Å². The monoisotopic (exact) mass is 340 g/mol. The first-order chi connectivity index (χ1) is 5.29. The third-order valence-electron chi connectivity index (χ3n) is 1.31. The Labute approximate surface area is 86.2 Å². The van der Waals surface area contributed by atoms with E-state index in [9.17, 15) is 0 Å². The molecule has 56 valence electrons. The minimum atomic E-state index is 0.193. The molecule has 0 spiro atoms. The van der Waals surface area contributed by atoms with Crippen molar-refractivity contribution in [3.05, 3.63) is 21.1 Å². The van der Waals surface area contributed by atoms with Crippen molar-refractivity contribution in [2.75, 3.05) is 0 Å². The van der Waals surface area contributed by atoms with E-state index in [4.69, 9.17) is 0 Å². The summed E-state index contributed by atoms with van der Waals surface area (Å²) < 4.78 is 7.28. The second-order valence-electron chi connectivity index (χ2n) is 1.98. The van der Waals surface area contributed by atoms with Crippen LogP contribution < -0.4 is 0 Å². The molecule has 5 heteroatoms. The van der Waals surface area contributed by atoms with Crippen molar-refractivity contribution < 1.29 is 0 Å². The average Bonchev–Trinajstić information content (AvgIpc) is 2.45. The van der Waals surface area contributed by atoms with Crippen LogP contribution in [0.1, 0.15) is 0 Å². The molecule has 0 saturated carbocycles. The molecular weight excluding hydrogens is 339 g/mol. The number of aromatic nitrogens is 2. The first-order valence-corrected chi connectivity index (χ1v) is 6.06. The standard InChI is InChI=1S/C6H2Br2N2Se/c7-3-1-2-4-6(5(3)8)9-10-11-4/h1-2H. The van der Waals surface area contributed by atoms with Crippen molar-refractivity contribution >= 4 is 56.4 Å². The Morgan fingerprint density at radius 3 is 2.91 bits per heavy atom. The van der Waals surface area contributed by atoms with E-state index in [-0.39, 0.29) is 14.7 Å². The van der Waals surface area contributed by atoms with Crippen molar-refractivity contribution in [1.29, 1.82) is 0 Å². The summed E-state index contributed by atoms with van der Waals surface area (Å²) in [4.78, 5) is 0. The molecule has 2 aromatic rings. The van der Waals surface area contributed by atoms with Gasteiger partial charge in [0.25, 0.3) is 0 Å². The Morgan fingerprint density at radius 2 is 2.09 bits per heavy atom. The van der Waals surface area contributed by atoms with Crippen LogP contribution in [0.3, 0.4) is 0 Å². The Morgan fingerprint density at radius 1 is 1.27 bits per heavy atom. The molecule has 0 N–H and O–H groups in total. The molecule has 0 aliphatic heterocycles. The normalized spacial score (nSPS) is 10.7. The van der Waals surface area contributed by atoms with Crippen molar-refractivity contribution in [1.82, 2.24) is 9.19 Å².